The van der Waals surface area contributed by atoms with Gasteiger partial charge in [-0.3, -0.25) is 0 Å². The minimum atomic E-state index is -0.739. The molecule has 1 N–H and O–H groups in total. The van der Waals surface area contributed by atoms with Gasteiger partial charge in [-0.2, -0.15) is 0 Å². The maximum atomic E-state index is 11.5. The Labute approximate surface area is 117 Å². The highest BCUT2D eigenvalue weighted by atomic mass is 16.5. The number of carbonyl (C=O) groups excluding carboxylic acids is 2. The van der Waals surface area contributed by atoms with Gasteiger partial charge in [0.2, 0.25) is 0 Å². The minimum Gasteiger partial charge on any atom is -0.460 e. The molecule has 0 bridgehead atoms. The lowest BCUT2D eigenvalue weighted by Crippen LogP contribution is -2.14. The quantitative estimate of drug-likeness (QED) is 0.634. The molecule has 0 radical (unpaired) electrons. The molecule has 0 saturated carbocycles. The summed E-state index contributed by atoms with van der Waals surface area (Å²) in [5.41, 5.74) is 0.867. The number of ether oxygens (including phenoxy) is 2. The van der Waals surface area contributed by atoms with Crippen molar-refractivity contribution in [2.24, 2.45) is 0 Å². The third-order valence-corrected chi connectivity index (χ3v) is 2.38. The van der Waals surface area contributed by atoms with Crippen LogP contribution < -0.4 is 0 Å². The van der Waals surface area contributed by atoms with E-state index >= 15 is 0 Å². The molecule has 0 aromatic heterocycles. The summed E-state index contributed by atoms with van der Waals surface area (Å²) in [5, 5.41) is 8.93. The zero-order valence-electron chi connectivity index (χ0n) is 11.5. The predicted octanol–water partition coefficient (Wildman–Crippen LogP) is 1.77. The molecule has 5 heteroatoms. The van der Waals surface area contributed by atoms with E-state index in [9.17, 15) is 9.59 Å². The van der Waals surface area contributed by atoms with Crippen molar-refractivity contribution in [3.05, 3.63) is 48.0 Å². The summed E-state index contributed by atoms with van der Waals surface area (Å²) in [6.07, 6.45) is 0.839. The van der Waals surface area contributed by atoms with E-state index in [0.29, 0.717) is 0 Å². The number of aliphatic hydroxyl groups is 1. The fraction of sp³-hybridized carbons (Fsp3) is 0.333. The first-order valence-electron chi connectivity index (χ1n) is 6.27. The van der Waals surface area contributed by atoms with Gasteiger partial charge in [0, 0.05) is 12.2 Å². The topological polar surface area (TPSA) is 72.8 Å². The van der Waals surface area contributed by atoms with Gasteiger partial charge in [0.15, 0.2) is 0 Å². The van der Waals surface area contributed by atoms with Crippen molar-refractivity contribution in [1.82, 2.24) is 0 Å². The second kappa shape index (κ2) is 8.12. The molecule has 0 aliphatic heterocycles. The molecule has 0 fully saturated rings. The van der Waals surface area contributed by atoms with Gasteiger partial charge in [-0.1, -0.05) is 30.3 Å². The highest BCUT2D eigenvalue weighted by Crippen LogP contribution is 2.15. The number of esters is 2. The van der Waals surface area contributed by atoms with Crippen molar-refractivity contribution in [1.29, 1.82) is 0 Å². The summed E-state index contributed by atoms with van der Waals surface area (Å²) in [7, 11) is 0. The van der Waals surface area contributed by atoms with Crippen molar-refractivity contribution in [2.45, 2.75) is 26.1 Å². The van der Waals surface area contributed by atoms with Gasteiger partial charge in [-0.25, -0.2) is 9.59 Å². The molecule has 1 aromatic carbocycles. The van der Waals surface area contributed by atoms with Crippen LogP contribution >= 0.6 is 0 Å². The van der Waals surface area contributed by atoms with Crippen LogP contribution in [0.1, 0.15) is 25.5 Å². The monoisotopic (exact) mass is 278 g/mol. The number of benzene rings is 1. The van der Waals surface area contributed by atoms with E-state index in [0.717, 1.165) is 17.7 Å². The van der Waals surface area contributed by atoms with Crippen molar-refractivity contribution in [3.8, 4) is 0 Å². The van der Waals surface area contributed by atoms with Gasteiger partial charge in [-0.15, -0.1) is 0 Å². The second-order valence-corrected chi connectivity index (χ2v) is 4.30. The molecule has 1 rings (SSSR count). The van der Waals surface area contributed by atoms with E-state index in [2.05, 4.69) is 4.74 Å². The Balaban J connectivity index is 2.41. The second-order valence-electron chi connectivity index (χ2n) is 4.30. The summed E-state index contributed by atoms with van der Waals surface area (Å²) >= 11 is 0. The van der Waals surface area contributed by atoms with E-state index < -0.39 is 24.1 Å². The lowest BCUT2D eigenvalue weighted by Gasteiger charge is -2.11. The van der Waals surface area contributed by atoms with Crippen LogP contribution in [0.2, 0.25) is 0 Å². The lowest BCUT2D eigenvalue weighted by molar-refractivity contribution is -0.144. The van der Waals surface area contributed by atoms with E-state index in [1.807, 2.05) is 30.3 Å². The Morgan fingerprint density at radius 3 is 2.35 bits per heavy atom. The first-order valence-corrected chi connectivity index (χ1v) is 6.27. The molecule has 5 nitrogen and oxygen atoms in total. The van der Waals surface area contributed by atoms with Crippen LogP contribution in [0, 0.1) is 0 Å². The number of hydrogen-bond acceptors (Lipinski definition) is 5. The Bertz CT molecular complexity index is 464. The minimum absolute atomic E-state index is 0.112. The third-order valence-electron chi connectivity index (χ3n) is 2.38. The molecule has 0 amide bonds. The van der Waals surface area contributed by atoms with Crippen molar-refractivity contribution in [3.63, 3.8) is 0 Å². The van der Waals surface area contributed by atoms with Crippen LogP contribution in [0.3, 0.4) is 0 Å². The Hall–Kier alpha value is -2.14. The SMILES string of the molecule is CC(O)COC(=O)C=CC(=O)OC(C)c1ccccc1. The van der Waals surface area contributed by atoms with E-state index in [1.54, 1.807) is 6.92 Å². The highest BCUT2D eigenvalue weighted by Gasteiger charge is 2.09. The van der Waals surface area contributed by atoms with Crippen molar-refractivity contribution in [2.75, 3.05) is 6.61 Å². The van der Waals surface area contributed by atoms with Gasteiger partial charge in [0.25, 0.3) is 0 Å². The average Bonchev–Trinajstić information content (AvgIpc) is 2.43. The van der Waals surface area contributed by atoms with Gasteiger partial charge in [0.05, 0.1) is 6.10 Å². The van der Waals surface area contributed by atoms with Crippen LogP contribution in [-0.2, 0) is 19.1 Å². The number of rotatable bonds is 6. The Morgan fingerprint density at radius 2 is 1.75 bits per heavy atom. The first-order chi connectivity index (χ1) is 9.49. The van der Waals surface area contributed by atoms with E-state index in [1.165, 1.54) is 6.92 Å². The molecule has 0 saturated heterocycles. The summed E-state index contributed by atoms with van der Waals surface area (Å²) in [6, 6.07) is 9.26. The molecule has 0 heterocycles. The zero-order valence-corrected chi connectivity index (χ0v) is 11.5. The smallest absolute Gasteiger partial charge is 0.331 e. The summed E-state index contributed by atoms with van der Waals surface area (Å²) in [6.45, 7) is 3.12. The zero-order chi connectivity index (χ0) is 15.0. The van der Waals surface area contributed by atoms with Gasteiger partial charge < -0.3 is 14.6 Å². The molecule has 1 aromatic rings. The number of carbonyl (C=O) groups is 2. The van der Waals surface area contributed by atoms with Gasteiger partial charge >= 0.3 is 11.9 Å². The van der Waals surface area contributed by atoms with Crippen LogP contribution in [0.15, 0.2) is 42.5 Å². The molecule has 108 valence electrons. The largest absolute Gasteiger partial charge is 0.460 e. The maximum Gasteiger partial charge on any atom is 0.331 e. The third kappa shape index (κ3) is 6.15. The van der Waals surface area contributed by atoms with Gasteiger partial charge in [-0.05, 0) is 19.4 Å². The first kappa shape index (κ1) is 15.9. The summed E-state index contributed by atoms with van der Waals surface area (Å²) in [5.74, 6) is -1.33. The standard InChI is InChI=1S/C15H18O5/c1-11(16)10-19-14(17)8-9-15(18)20-12(2)13-6-4-3-5-7-13/h3-9,11-12,16H,10H2,1-2H3. The van der Waals surface area contributed by atoms with E-state index in [4.69, 9.17) is 9.84 Å². The molecule has 2 atom stereocenters. The van der Waals surface area contributed by atoms with Crippen LogP contribution in [-0.4, -0.2) is 29.8 Å². The molecular weight excluding hydrogens is 260 g/mol. The number of hydrogen-bond donors (Lipinski definition) is 1. The average molecular weight is 278 g/mol. The molecule has 20 heavy (non-hydrogen) atoms. The molecule has 2 unspecified atom stereocenters. The number of aliphatic hydroxyl groups excluding tert-OH is 1. The molecular formula is C15H18O5. The Kier molecular flexibility index (Phi) is 6.46. The van der Waals surface area contributed by atoms with Gasteiger partial charge in [0.1, 0.15) is 12.7 Å². The lowest BCUT2D eigenvalue weighted by atomic mass is 10.1. The molecule has 0 spiro atoms. The summed E-state index contributed by atoms with van der Waals surface area (Å²) in [4.78, 5) is 22.7. The van der Waals surface area contributed by atoms with Crippen molar-refractivity contribution < 1.29 is 24.2 Å². The summed E-state index contributed by atoms with van der Waals surface area (Å²) < 4.78 is 9.79. The molecule has 0 aliphatic carbocycles. The molecule has 0 aliphatic rings. The van der Waals surface area contributed by atoms with Crippen LogP contribution in [0.5, 0.6) is 0 Å². The fourth-order valence-electron chi connectivity index (χ4n) is 1.39. The normalized spacial score (nSPS) is 13.8. The maximum absolute atomic E-state index is 11.5. The fourth-order valence-corrected chi connectivity index (χ4v) is 1.39. The predicted molar refractivity (Wildman–Crippen MR) is 72.7 cm³/mol. The van der Waals surface area contributed by atoms with E-state index in [-0.39, 0.29) is 6.61 Å². The van der Waals surface area contributed by atoms with Crippen LogP contribution in [0.4, 0.5) is 0 Å². The van der Waals surface area contributed by atoms with Crippen molar-refractivity contribution >= 4 is 11.9 Å². The van der Waals surface area contributed by atoms with Crippen LogP contribution in [0.25, 0.3) is 0 Å². The highest BCUT2D eigenvalue weighted by molar-refractivity contribution is 5.91. The Morgan fingerprint density at radius 1 is 1.15 bits per heavy atom.